The number of nitrogens with zero attached hydrogens (tertiary/aromatic N) is 1. The summed E-state index contributed by atoms with van der Waals surface area (Å²) >= 11 is 0. The van der Waals surface area contributed by atoms with Crippen molar-refractivity contribution in [3.63, 3.8) is 0 Å². The van der Waals surface area contributed by atoms with Gasteiger partial charge in [-0.25, -0.2) is 4.98 Å². The summed E-state index contributed by atoms with van der Waals surface area (Å²) in [5.74, 6) is -0.712. The van der Waals surface area contributed by atoms with Gasteiger partial charge in [-0.1, -0.05) is 20.8 Å². The summed E-state index contributed by atoms with van der Waals surface area (Å²) in [6, 6.07) is 0. The van der Waals surface area contributed by atoms with Crippen LogP contribution in [0.25, 0.3) is 0 Å². The van der Waals surface area contributed by atoms with Gasteiger partial charge in [0.1, 0.15) is 5.69 Å². The quantitative estimate of drug-likeness (QED) is 0.662. The molecule has 0 unspecified atom stereocenters. The molecule has 0 radical (unpaired) electrons. The standard InChI is InChI=1S/C9H14N4O2/c1-9(2,3)8(15)13-7-5(6(10)14)11-4-12-7/h4H,1-3H3,(H2,10,14)(H,11,12)(H,13,15). The Morgan fingerprint density at radius 2 is 2.07 bits per heavy atom. The fraction of sp³-hybridized carbons (Fsp3) is 0.444. The van der Waals surface area contributed by atoms with E-state index in [1.54, 1.807) is 20.8 Å². The zero-order chi connectivity index (χ0) is 11.6. The number of carbonyl (C=O) groups excluding carboxylic acids is 2. The van der Waals surface area contributed by atoms with Gasteiger partial charge in [0, 0.05) is 5.41 Å². The van der Waals surface area contributed by atoms with Crippen LogP contribution in [-0.2, 0) is 4.79 Å². The van der Waals surface area contributed by atoms with Crippen LogP contribution in [-0.4, -0.2) is 21.8 Å². The Bertz CT molecular complexity index is 389. The smallest absolute Gasteiger partial charge is 0.269 e. The molecule has 82 valence electrons. The van der Waals surface area contributed by atoms with Crippen molar-refractivity contribution in [3.05, 3.63) is 12.0 Å². The summed E-state index contributed by atoms with van der Waals surface area (Å²) in [4.78, 5) is 28.9. The first-order chi connectivity index (χ1) is 6.82. The molecule has 1 heterocycles. The van der Waals surface area contributed by atoms with Crippen molar-refractivity contribution in [2.75, 3.05) is 5.32 Å². The molecule has 0 spiro atoms. The first-order valence-corrected chi connectivity index (χ1v) is 4.47. The lowest BCUT2D eigenvalue weighted by Crippen LogP contribution is -2.29. The third-order valence-corrected chi connectivity index (χ3v) is 1.80. The second-order valence-corrected chi connectivity index (χ2v) is 4.19. The number of carbonyl (C=O) groups is 2. The number of hydrogen-bond acceptors (Lipinski definition) is 3. The number of anilines is 1. The molecule has 0 saturated heterocycles. The number of imidazole rings is 1. The maximum atomic E-state index is 11.6. The summed E-state index contributed by atoms with van der Waals surface area (Å²) in [5.41, 5.74) is 4.64. The van der Waals surface area contributed by atoms with Gasteiger partial charge in [0.2, 0.25) is 5.91 Å². The number of H-pyrrole nitrogens is 1. The maximum Gasteiger partial charge on any atom is 0.269 e. The minimum absolute atomic E-state index is 0.104. The van der Waals surface area contributed by atoms with Crippen LogP contribution in [0, 0.1) is 5.41 Å². The topological polar surface area (TPSA) is 101 Å². The van der Waals surface area contributed by atoms with E-state index in [0.717, 1.165) is 0 Å². The predicted octanol–water partition coefficient (Wildman–Crippen LogP) is 0.493. The van der Waals surface area contributed by atoms with Crippen molar-refractivity contribution < 1.29 is 9.59 Å². The Morgan fingerprint density at radius 1 is 1.47 bits per heavy atom. The number of rotatable bonds is 2. The lowest BCUT2D eigenvalue weighted by Gasteiger charge is -2.16. The molecule has 4 N–H and O–H groups in total. The third kappa shape index (κ3) is 2.55. The van der Waals surface area contributed by atoms with Gasteiger partial charge in [-0.2, -0.15) is 0 Å². The van der Waals surface area contributed by atoms with Crippen molar-refractivity contribution in [1.29, 1.82) is 0 Å². The van der Waals surface area contributed by atoms with E-state index >= 15 is 0 Å². The number of aromatic nitrogens is 2. The van der Waals surface area contributed by atoms with E-state index in [4.69, 9.17) is 5.73 Å². The van der Waals surface area contributed by atoms with Gasteiger partial charge in [-0.05, 0) is 0 Å². The van der Waals surface area contributed by atoms with Crippen LogP contribution >= 0.6 is 0 Å². The maximum absolute atomic E-state index is 11.6. The Hall–Kier alpha value is -1.85. The van der Waals surface area contributed by atoms with E-state index in [-0.39, 0.29) is 17.4 Å². The minimum Gasteiger partial charge on any atom is -0.364 e. The molecule has 0 aromatic carbocycles. The molecule has 0 aliphatic rings. The highest BCUT2D eigenvalue weighted by Gasteiger charge is 2.23. The summed E-state index contributed by atoms with van der Waals surface area (Å²) in [6.45, 7) is 5.29. The van der Waals surface area contributed by atoms with Crippen molar-refractivity contribution in [2.45, 2.75) is 20.8 Å². The zero-order valence-electron chi connectivity index (χ0n) is 8.92. The number of primary amides is 1. The van der Waals surface area contributed by atoms with Crippen LogP contribution < -0.4 is 11.1 Å². The molecule has 0 atom stereocenters. The van der Waals surface area contributed by atoms with Crippen LogP contribution in [0.4, 0.5) is 5.82 Å². The molecular formula is C9H14N4O2. The monoisotopic (exact) mass is 210 g/mol. The molecule has 0 aliphatic heterocycles. The number of nitrogens with two attached hydrogens (primary N) is 1. The number of amides is 2. The third-order valence-electron chi connectivity index (χ3n) is 1.80. The van der Waals surface area contributed by atoms with Crippen molar-refractivity contribution in [1.82, 2.24) is 9.97 Å². The fourth-order valence-electron chi connectivity index (χ4n) is 0.872. The summed E-state index contributed by atoms with van der Waals surface area (Å²) in [7, 11) is 0. The molecule has 0 fully saturated rings. The Kier molecular flexibility index (Phi) is 2.78. The van der Waals surface area contributed by atoms with E-state index in [2.05, 4.69) is 15.3 Å². The Morgan fingerprint density at radius 3 is 2.53 bits per heavy atom. The van der Waals surface area contributed by atoms with Gasteiger partial charge in [-0.3, -0.25) is 9.59 Å². The van der Waals surface area contributed by atoms with Gasteiger partial charge >= 0.3 is 0 Å². The fourth-order valence-corrected chi connectivity index (χ4v) is 0.872. The molecule has 6 heteroatoms. The van der Waals surface area contributed by atoms with Gasteiger partial charge in [0.15, 0.2) is 5.82 Å². The van der Waals surface area contributed by atoms with Crippen LogP contribution in [0.1, 0.15) is 31.3 Å². The van der Waals surface area contributed by atoms with Crippen LogP contribution in [0.15, 0.2) is 6.33 Å². The van der Waals surface area contributed by atoms with E-state index < -0.39 is 11.3 Å². The first kappa shape index (κ1) is 11.2. The molecule has 0 bridgehead atoms. The molecule has 0 aliphatic carbocycles. The Balaban J connectivity index is 2.86. The van der Waals surface area contributed by atoms with Crippen molar-refractivity contribution >= 4 is 17.6 Å². The molecule has 6 nitrogen and oxygen atoms in total. The Labute approximate surface area is 87.3 Å². The molecule has 1 aromatic heterocycles. The largest absolute Gasteiger partial charge is 0.364 e. The zero-order valence-corrected chi connectivity index (χ0v) is 8.92. The second-order valence-electron chi connectivity index (χ2n) is 4.19. The predicted molar refractivity (Wildman–Crippen MR) is 55.2 cm³/mol. The van der Waals surface area contributed by atoms with E-state index in [0.29, 0.717) is 0 Å². The lowest BCUT2D eigenvalue weighted by molar-refractivity contribution is -0.123. The number of aromatic amines is 1. The number of hydrogen-bond donors (Lipinski definition) is 3. The van der Waals surface area contributed by atoms with E-state index in [1.165, 1.54) is 6.33 Å². The summed E-state index contributed by atoms with van der Waals surface area (Å²) in [5, 5.41) is 2.53. The molecule has 1 aromatic rings. The summed E-state index contributed by atoms with van der Waals surface area (Å²) < 4.78 is 0. The lowest BCUT2D eigenvalue weighted by atomic mass is 9.96. The average Bonchev–Trinajstić information content (AvgIpc) is 2.50. The highest BCUT2D eigenvalue weighted by Crippen LogP contribution is 2.17. The van der Waals surface area contributed by atoms with Crippen LogP contribution in [0.3, 0.4) is 0 Å². The minimum atomic E-state index is -0.656. The molecular weight excluding hydrogens is 196 g/mol. The van der Waals surface area contributed by atoms with Gasteiger partial charge in [-0.15, -0.1) is 0 Å². The van der Waals surface area contributed by atoms with Crippen molar-refractivity contribution in [3.8, 4) is 0 Å². The van der Waals surface area contributed by atoms with Crippen molar-refractivity contribution in [2.24, 2.45) is 11.1 Å². The SMILES string of the molecule is CC(C)(C)C(=O)Nc1nc[nH]c1C(N)=O. The van der Waals surface area contributed by atoms with Gasteiger partial charge < -0.3 is 16.0 Å². The molecule has 15 heavy (non-hydrogen) atoms. The summed E-state index contributed by atoms with van der Waals surface area (Å²) in [6.07, 6.45) is 1.30. The number of nitrogens with one attached hydrogen (secondary N) is 2. The highest BCUT2D eigenvalue weighted by atomic mass is 16.2. The van der Waals surface area contributed by atoms with E-state index in [1.807, 2.05) is 0 Å². The molecule has 2 amide bonds. The van der Waals surface area contributed by atoms with Gasteiger partial charge in [0.25, 0.3) is 5.91 Å². The van der Waals surface area contributed by atoms with Gasteiger partial charge in [0.05, 0.1) is 6.33 Å². The molecule has 0 saturated carbocycles. The van der Waals surface area contributed by atoms with E-state index in [9.17, 15) is 9.59 Å². The molecule has 1 rings (SSSR count). The highest BCUT2D eigenvalue weighted by molar-refractivity contribution is 6.01. The first-order valence-electron chi connectivity index (χ1n) is 4.47. The average molecular weight is 210 g/mol. The normalized spacial score (nSPS) is 11.1. The van der Waals surface area contributed by atoms with Crippen LogP contribution in [0.5, 0.6) is 0 Å². The second kappa shape index (κ2) is 3.72. The van der Waals surface area contributed by atoms with Crippen LogP contribution in [0.2, 0.25) is 0 Å².